The molecule has 0 aliphatic heterocycles. The van der Waals surface area contributed by atoms with Gasteiger partial charge in [0.25, 0.3) is 0 Å². The zero-order valence-electron chi connectivity index (χ0n) is 12.4. The lowest BCUT2D eigenvalue weighted by Gasteiger charge is -2.28. The fraction of sp³-hybridized carbons (Fsp3) is 0.500. The third kappa shape index (κ3) is 2.92. The second-order valence-electron chi connectivity index (χ2n) is 5.95. The molecule has 114 valence electrons. The van der Waals surface area contributed by atoms with Gasteiger partial charge in [0.1, 0.15) is 5.60 Å². The summed E-state index contributed by atoms with van der Waals surface area (Å²) in [5.74, 6) is 0. The van der Waals surface area contributed by atoms with Gasteiger partial charge in [-0.25, -0.2) is 0 Å². The van der Waals surface area contributed by atoms with E-state index in [9.17, 15) is 5.11 Å². The standard InChI is InChI=1S/C16H20ClNOS2/c1-18(2)8-3-7-16(19)14-11(6-9-20-14)4-5-12-10-13(17)21-15(12)16/h6,9-10,19H,3-5,7-8H2,1-2H3. The molecule has 1 unspecified atom stereocenters. The van der Waals surface area contributed by atoms with E-state index in [4.69, 9.17) is 11.6 Å². The van der Waals surface area contributed by atoms with Gasteiger partial charge in [0.2, 0.25) is 0 Å². The summed E-state index contributed by atoms with van der Waals surface area (Å²) >= 11 is 9.44. The minimum atomic E-state index is -0.858. The van der Waals surface area contributed by atoms with Gasteiger partial charge in [-0.15, -0.1) is 22.7 Å². The van der Waals surface area contributed by atoms with Gasteiger partial charge in [-0.3, -0.25) is 0 Å². The van der Waals surface area contributed by atoms with Gasteiger partial charge in [0, 0.05) is 9.75 Å². The topological polar surface area (TPSA) is 23.5 Å². The van der Waals surface area contributed by atoms with Crippen LogP contribution in [0.3, 0.4) is 0 Å². The van der Waals surface area contributed by atoms with Crippen molar-refractivity contribution in [3.8, 4) is 0 Å². The molecule has 2 nitrogen and oxygen atoms in total. The quantitative estimate of drug-likeness (QED) is 0.903. The second-order valence-corrected chi connectivity index (χ2v) is 8.55. The molecule has 5 heteroatoms. The fourth-order valence-electron chi connectivity index (χ4n) is 3.08. The Hall–Kier alpha value is -0.390. The number of fused-ring (bicyclic) bond motifs is 2. The lowest BCUT2D eigenvalue weighted by molar-refractivity contribution is 0.0734. The number of rotatable bonds is 4. The predicted molar refractivity (Wildman–Crippen MR) is 91.8 cm³/mol. The van der Waals surface area contributed by atoms with Crippen LogP contribution < -0.4 is 0 Å². The van der Waals surface area contributed by atoms with E-state index in [1.54, 1.807) is 22.7 Å². The Bertz CT molecular complexity index is 634. The highest BCUT2D eigenvalue weighted by Crippen LogP contribution is 2.47. The van der Waals surface area contributed by atoms with Crippen LogP contribution in [0.1, 0.15) is 33.7 Å². The predicted octanol–water partition coefficient (Wildman–Crippen LogP) is 4.14. The highest BCUT2D eigenvalue weighted by molar-refractivity contribution is 7.16. The van der Waals surface area contributed by atoms with Crippen LogP contribution in [0.4, 0.5) is 0 Å². The van der Waals surface area contributed by atoms with Crippen molar-refractivity contribution in [1.82, 2.24) is 4.90 Å². The van der Waals surface area contributed by atoms with Gasteiger partial charge < -0.3 is 10.0 Å². The minimum absolute atomic E-state index is 0.753. The first kappa shape index (κ1) is 15.5. The molecule has 0 saturated heterocycles. The lowest BCUT2D eigenvalue weighted by atomic mass is 9.91. The number of nitrogens with zero attached hydrogens (tertiary/aromatic N) is 1. The molecular weight excluding hydrogens is 322 g/mol. The molecule has 0 bridgehead atoms. The highest BCUT2D eigenvalue weighted by Gasteiger charge is 2.39. The summed E-state index contributed by atoms with van der Waals surface area (Å²) in [6, 6.07) is 4.20. The zero-order chi connectivity index (χ0) is 15.0. The molecule has 0 amide bonds. The normalized spacial score (nSPS) is 21.2. The van der Waals surface area contributed by atoms with Crippen LogP contribution >= 0.6 is 34.3 Å². The van der Waals surface area contributed by atoms with E-state index in [1.807, 2.05) is 6.07 Å². The summed E-state index contributed by atoms with van der Waals surface area (Å²) in [5.41, 5.74) is 1.66. The number of hydrogen-bond acceptors (Lipinski definition) is 4. The van der Waals surface area contributed by atoms with Crippen LogP contribution in [0.25, 0.3) is 0 Å². The molecule has 1 atom stereocenters. The first-order valence-corrected chi connectivity index (χ1v) is 9.31. The summed E-state index contributed by atoms with van der Waals surface area (Å²) in [7, 11) is 4.14. The first-order valence-electron chi connectivity index (χ1n) is 7.23. The minimum Gasteiger partial charge on any atom is -0.379 e. The summed E-state index contributed by atoms with van der Waals surface area (Å²) in [6.45, 7) is 0.984. The smallest absolute Gasteiger partial charge is 0.133 e. The van der Waals surface area contributed by atoms with E-state index in [2.05, 4.69) is 30.4 Å². The monoisotopic (exact) mass is 341 g/mol. The third-order valence-electron chi connectivity index (χ3n) is 4.08. The second kappa shape index (κ2) is 6.01. The van der Waals surface area contributed by atoms with E-state index in [0.717, 1.165) is 46.3 Å². The molecule has 0 spiro atoms. The Balaban J connectivity index is 2.00. The molecule has 2 aromatic rings. The molecular formula is C16H20ClNOS2. The van der Waals surface area contributed by atoms with Crippen molar-refractivity contribution >= 4 is 34.3 Å². The molecule has 0 saturated carbocycles. The lowest BCUT2D eigenvalue weighted by Crippen LogP contribution is -2.28. The van der Waals surface area contributed by atoms with Crippen LogP contribution in [0.2, 0.25) is 4.34 Å². The molecule has 0 aromatic carbocycles. The molecule has 2 aromatic heterocycles. The number of aryl methyl sites for hydroxylation is 2. The first-order chi connectivity index (χ1) is 10.0. The average molecular weight is 342 g/mol. The van der Waals surface area contributed by atoms with E-state index in [0.29, 0.717) is 0 Å². The van der Waals surface area contributed by atoms with Gasteiger partial charge in [0.15, 0.2) is 0 Å². The molecule has 0 radical (unpaired) electrons. The van der Waals surface area contributed by atoms with Gasteiger partial charge in [-0.2, -0.15) is 0 Å². The van der Waals surface area contributed by atoms with Crippen LogP contribution in [0.15, 0.2) is 17.5 Å². The van der Waals surface area contributed by atoms with Gasteiger partial charge >= 0.3 is 0 Å². The van der Waals surface area contributed by atoms with Crippen LogP contribution in [0, 0.1) is 0 Å². The molecule has 1 N–H and O–H groups in total. The zero-order valence-corrected chi connectivity index (χ0v) is 14.7. The Morgan fingerprint density at radius 2 is 2.05 bits per heavy atom. The summed E-state index contributed by atoms with van der Waals surface area (Å²) in [6.07, 6.45) is 3.69. The van der Waals surface area contributed by atoms with Crippen molar-refractivity contribution in [1.29, 1.82) is 0 Å². The third-order valence-corrected chi connectivity index (χ3v) is 6.65. The van der Waals surface area contributed by atoms with Gasteiger partial charge in [0.05, 0.1) is 4.34 Å². The SMILES string of the molecule is CN(C)CCCC1(O)c2sccc2CCc2cc(Cl)sc21. The largest absolute Gasteiger partial charge is 0.379 e. The van der Waals surface area contributed by atoms with Crippen LogP contribution in [-0.4, -0.2) is 30.6 Å². The molecule has 3 rings (SSSR count). The van der Waals surface area contributed by atoms with Crippen molar-refractivity contribution in [3.63, 3.8) is 0 Å². The Kier molecular flexibility index (Phi) is 4.44. The molecule has 0 fully saturated rings. The Morgan fingerprint density at radius 3 is 2.81 bits per heavy atom. The number of hydrogen-bond donors (Lipinski definition) is 1. The van der Waals surface area contributed by atoms with Crippen LogP contribution in [-0.2, 0) is 18.4 Å². The number of aliphatic hydroxyl groups is 1. The van der Waals surface area contributed by atoms with Gasteiger partial charge in [-0.1, -0.05) is 11.6 Å². The van der Waals surface area contributed by atoms with Gasteiger partial charge in [-0.05, 0) is 75.0 Å². The maximum absolute atomic E-state index is 11.5. The molecule has 21 heavy (non-hydrogen) atoms. The Morgan fingerprint density at radius 1 is 1.29 bits per heavy atom. The fourth-order valence-corrected chi connectivity index (χ4v) is 5.65. The summed E-state index contributed by atoms with van der Waals surface area (Å²) < 4.78 is 0.783. The van der Waals surface area contributed by atoms with E-state index in [1.165, 1.54) is 11.1 Å². The van der Waals surface area contributed by atoms with Crippen molar-refractivity contribution in [2.75, 3.05) is 20.6 Å². The highest BCUT2D eigenvalue weighted by atomic mass is 35.5. The molecule has 1 aliphatic rings. The van der Waals surface area contributed by atoms with Crippen molar-refractivity contribution in [3.05, 3.63) is 42.7 Å². The van der Waals surface area contributed by atoms with E-state index < -0.39 is 5.60 Å². The van der Waals surface area contributed by atoms with E-state index in [-0.39, 0.29) is 0 Å². The summed E-state index contributed by atoms with van der Waals surface area (Å²) in [4.78, 5) is 4.35. The average Bonchev–Trinajstić information content (AvgIpc) is 3.00. The molecule has 1 aliphatic carbocycles. The number of halogens is 1. The maximum atomic E-state index is 11.5. The van der Waals surface area contributed by atoms with Crippen molar-refractivity contribution in [2.24, 2.45) is 0 Å². The number of thiophene rings is 2. The van der Waals surface area contributed by atoms with Crippen molar-refractivity contribution in [2.45, 2.75) is 31.3 Å². The maximum Gasteiger partial charge on any atom is 0.133 e. The molecule has 2 heterocycles. The van der Waals surface area contributed by atoms with Crippen LogP contribution in [0.5, 0.6) is 0 Å². The Labute approximate surface area is 139 Å². The van der Waals surface area contributed by atoms with E-state index >= 15 is 0 Å². The van der Waals surface area contributed by atoms with Crippen molar-refractivity contribution < 1.29 is 5.11 Å². The summed E-state index contributed by atoms with van der Waals surface area (Å²) in [5, 5.41) is 13.6.